The van der Waals surface area contributed by atoms with Crippen molar-refractivity contribution in [1.29, 1.82) is 0 Å². The molecule has 0 aliphatic rings. The van der Waals surface area contributed by atoms with Gasteiger partial charge in [-0.2, -0.15) is 4.57 Å². The zero-order chi connectivity index (χ0) is 17.4. The summed E-state index contributed by atoms with van der Waals surface area (Å²) in [6.07, 6.45) is 2.06. The van der Waals surface area contributed by atoms with Gasteiger partial charge in [0.05, 0.1) is 0 Å². The second-order valence-corrected chi connectivity index (χ2v) is 6.85. The summed E-state index contributed by atoms with van der Waals surface area (Å²) in [5, 5.41) is 1.03. The summed E-state index contributed by atoms with van der Waals surface area (Å²) in [5.41, 5.74) is 6.28. The molecule has 0 radical (unpaired) electrons. The Labute approximate surface area is 142 Å². The Hall–Kier alpha value is -2.42. The van der Waals surface area contributed by atoms with Crippen molar-refractivity contribution in [3.63, 3.8) is 0 Å². The minimum Gasteiger partial charge on any atom is -0.423 e. The Morgan fingerprint density at radius 2 is 1.83 bits per heavy atom. The molecule has 2 heterocycles. The number of hydrogen-bond donors (Lipinski definition) is 0. The first kappa shape index (κ1) is 16.4. The topological polar surface area (TPSA) is 34.1 Å². The van der Waals surface area contributed by atoms with E-state index in [-0.39, 0.29) is 5.63 Å². The first-order valence-corrected chi connectivity index (χ1v) is 8.39. The third kappa shape index (κ3) is 2.99. The third-order valence-electron chi connectivity index (χ3n) is 4.79. The molecule has 0 saturated carbocycles. The maximum atomic E-state index is 12.0. The molecule has 3 aromatic rings. The highest BCUT2D eigenvalue weighted by Crippen LogP contribution is 2.26. The Kier molecular flexibility index (Phi) is 4.27. The van der Waals surface area contributed by atoms with Crippen LogP contribution in [0.3, 0.4) is 0 Å². The number of nitrogens with zero attached hydrogens (tertiary/aromatic N) is 1. The van der Waals surface area contributed by atoms with Crippen molar-refractivity contribution in [3.05, 3.63) is 74.9 Å². The van der Waals surface area contributed by atoms with Gasteiger partial charge < -0.3 is 4.42 Å². The Morgan fingerprint density at radius 1 is 1.08 bits per heavy atom. The minimum absolute atomic E-state index is 0.292. The molecule has 3 heteroatoms. The molecule has 0 atom stereocenters. The van der Waals surface area contributed by atoms with Gasteiger partial charge in [0.25, 0.3) is 0 Å². The predicted octanol–water partition coefficient (Wildman–Crippen LogP) is 4.18. The van der Waals surface area contributed by atoms with E-state index in [1.807, 2.05) is 12.1 Å². The summed E-state index contributed by atoms with van der Waals surface area (Å²) >= 11 is 0. The second kappa shape index (κ2) is 6.23. The van der Waals surface area contributed by atoms with Crippen molar-refractivity contribution in [2.75, 3.05) is 0 Å². The van der Waals surface area contributed by atoms with E-state index in [0.717, 1.165) is 16.5 Å². The van der Waals surface area contributed by atoms with Gasteiger partial charge in [0.1, 0.15) is 5.58 Å². The molecule has 24 heavy (non-hydrogen) atoms. The van der Waals surface area contributed by atoms with E-state index < -0.39 is 0 Å². The van der Waals surface area contributed by atoms with Crippen molar-refractivity contribution >= 4 is 11.0 Å². The van der Waals surface area contributed by atoms with Crippen LogP contribution in [0.15, 0.2) is 45.7 Å². The van der Waals surface area contributed by atoms with Crippen LogP contribution in [0.1, 0.15) is 47.7 Å². The lowest BCUT2D eigenvalue weighted by Gasteiger charge is -2.12. The first-order chi connectivity index (χ1) is 11.4. The molecule has 0 aliphatic carbocycles. The molecular formula is C21H24NO2+. The van der Waals surface area contributed by atoms with Gasteiger partial charge in [-0.1, -0.05) is 13.8 Å². The molecule has 0 aliphatic heterocycles. The summed E-state index contributed by atoms with van der Waals surface area (Å²) < 4.78 is 7.62. The number of benzene rings is 1. The molecule has 0 saturated heterocycles. The summed E-state index contributed by atoms with van der Waals surface area (Å²) in [7, 11) is 0. The average molecular weight is 322 g/mol. The van der Waals surface area contributed by atoms with Crippen LogP contribution in [-0.2, 0) is 6.54 Å². The average Bonchev–Trinajstić information content (AvgIpc) is 2.50. The summed E-state index contributed by atoms with van der Waals surface area (Å²) in [6, 6.07) is 9.93. The van der Waals surface area contributed by atoms with E-state index in [0.29, 0.717) is 18.0 Å². The number of rotatable bonds is 3. The molecule has 0 fully saturated rings. The van der Waals surface area contributed by atoms with E-state index in [2.05, 4.69) is 57.5 Å². The number of pyridine rings is 1. The van der Waals surface area contributed by atoms with Crippen LogP contribution in [0.5, 0.6) is 0 Å². The van der Waals surface area contributed by atoms with Gasteiger partial charge in [-0.3, -0.25) is 0 Å². The van der Waals surface area contributed by atoms with Crippen molar-refractivity contribution in [2.24, 2.45) is 0 Å². The molecule has 0 bridgehead atoms. The van der Waals surface area contributed by atoms with E-state index in [4.69, 9.17) is 4.42 Å². The largest absolute Gasteiger partial charge is 0.423 e. The molecule has 0 spiro atoms. The number of aryl methyl sites for hydroxylation is 2. The Balaban J connectivity index is 2.21. The number of fused-ring (bicyclic) bond motifs is 1. The number of aromatic nitrogens is 1. The second-order valence-electron chi connectivity index (χ2n) is 6.85. The maximum Gasteiger partial charge on any atom is 0.336 e. The molecule has 0 N–H and O–H groups in total. The molecule has 3 rings (SSSR count). The van der Waals surface area contributed by atoms with Crippen LogP contribution in [-0.4, -0.2) is 0 Å². The van der Waals surface area contributed by atoms with Crippen molar-refractivity contribution < 1.29 is 8.98 Å². The SMILES string of the molecule is Cc1cc2oc(=O)cc(C[n+]3cccc(C)c3C)c2cc1C(C)C. The first-order valence-electron chi connectivity index (χ1n) is 8.39. The fourth-order valence-electron chi connectivity index (χ4n) is 3.25. The standard InChI is InChI=1S/C21H24NO2/c1-13(2)18-11-19-17(10-21(23)24-20(19)9-15(18)4)12-22-8-6-7-14(3)16(22)5/h6-11,13H,12H2,1-5H3/q+1. The smallest absolute Gasteiger partial charge is 0.336 e. The van der Waals surface area contributed by atoms with Crippen molar-refractivity contribution in [1.82, 2.24) is 0 Å². The summed E-state index contributed by atoms with van der Waals surface area (Å²) in [5.74, 6) is 0.433. The lowest BCUT2D eigenvalue weighted by Crippen LogP contribution is -2.38. The minimum atomic E-state index is -0.292. The molecule has 0 amide bonds. The lowest BCUT2D eigenvalue weighted by molar-refractivity contribution is -0.694. The number of hydrogen-bond acceptors (Lipinski definition) is 2. The third-order valence-corrected chi connectivity index (χ3v) is 4.79. The van der Waals surface area contributed by atoms with Crippen LogP contribution in [0.4, 0.5) is 0 Å². The van der Waals surface area contributed by atoms with Gasteiger partial charge in [-0.05, 0) is 49.1 Å². The van der Waals surface area contributed by atoms with Crippen molar-refractivity contribution in [3.8, 4) is 0 Å². The summed E-state index contributed by atoms with van der Waals surface area (Å²) in [4.78, 5) is 12.0. The van der Waals surface area contributed by atoms with Gasteiger partial charge in [-0.25, -0.2) is 4.79 Å². The van der Waals surface area contributed by atoms with Crippen LogP contribution in [0.25, 0.3) is 11.0 Å². The van der Waals surface area contributed by atoms with Crippen LogP contribution < -0.4 is 10.2 Å². The normalized spacial score (nSPS) is 11.4. The van der Waals surface area contributed by atoms with Gasteiger partial charge in [0.2, 0.25) is 0 Å². The van der Waals surface area contributed by atoms with Crippen LogP contribution in [0.2, 0.25) is 0 Å². The van der Waals surface area contributed by atoms with Gasteiger partial charge in [0.15, 0.2) is 18.4 Å². The molecule has 0 unspecified atom stereocenters. The molecule has 1 aromatic carbocycles. The molecular weight excluding hydrogens is 298 g/mol. The zero-order valence-electron chi connectivity index (χ0n) is 15.0. The van der Waals surface area contributed by atoms with Crippen LogP contribution in [0, 0.1) is 20.8 Å². The van der Waals surface area contributed by atoms with Crippen LogP contribution >= 0.6 is 0 Å². The monoisotopic (exact) mass is 322 g/mol. The fraction of sp³-hybridized carbons (Fsp3) is 0.333. The molecule has 3 nitrogen and oxygen atoms in total. The molecule has 2 aromatic heterocycles. The maximum absolute atomic E-state index is 12.0. The Morgan fingerprint density at radius 3 is 2.54 bits per heavy atom. The van der Waals surface area contributed by atoms with Gasteiger partial charge in [-0.15, -0.1) is 0 Å². The highest BCUT2D eigenvalue weighted by Gasteiger charge is 2.16. The van der Waals surface area contributed by atoms with E-state index >= 15 is 0 Å². The lowest BCUT2D eigenvalue weighted by atomic mass is 9.95. The highest BCUT2D eigenvalue weighted by molar-refractivity contribution is 5.82. The molecule has 124 valence electrons. The van der Waals surface area contributed by atoms with E-state index in [9.17, 15) is 4.79 Å². The Bertz CT molecular complexity index is 967. The van der Waals surface area contributed by atoms with Gasteiger partial charge >= 0.3 is 5.63 Å². The zero-order valence-corrected chi connectivity index (χ0v) is 15.0. The summed E-state index contributed by atoms with van der Waals surface area (Å²) in [6.45, 7) is 11.3. The fourth-order valence-corrected chi connectivity index (χ4v) is 3.25. The predicted molar refractivity (Wildman–Crippen MR) is 96.5 cm³/mol. The van der Waals surface area contributed by atoms with Gasteiger partial charge in [0, 0.05) is 35.6 Å². The highest BCUT2D eigenvalue weighted by atomic mass is 16.4. The van der Waals surface area contributed by atoms with Crippen molar-refractivity contribution in [2.45, 2.75) is 47.1 Å². The van der Waals surface area contributed by atoms with E-state index in [1.165, 1.54) is 16.8 Å². The quantitative estimate of drug-likeness (QED) is 0.535. The van der Waals surface area contributed by atoms with E-state index in [1.54, 1.807) is 6.07 Å².